The zero-order valence-corrected chi connectivity index (χ0v) is 14.8. The summed E-state index contributed by atoms with van der Waals surface area (Å²) in [5.74, 6) is 0. The van der Waals surface area contributed by atoms with Crippen molar-refractivity contribution in [3.05, 3.63) is 96.6 Å². The van der Waals surface area contributed by atoms with Crippen LogP contribution in [0.1, 0.15) is 5.56 Å². The Hall–Kier alpha value is -2.27. The second-order valence-corrected chi connectivity index (χ2v) is 6.76. The molecule has 0 aliphatic carbocycles. The van der Waals surface area contributed by atoms with Gasteiger partial charge in [0.2, 0.25) is 0 Å². The summed E-state index contributed by atoms with van der Waals surface area (Å²) in [4.78, 5) is 20.5. The van der Waals surface area contributed by atoms with Crippen LogP contribution in [0.5, 0.6) is 0 Å². The molecule has 0 spiro atoms. The van der Waals surface area contributed by atoms with Crippen LogP contribution in [0.4, 0.5) is 11.4 Å². The van der Waals surface area contributed by atoms with Crippen molar-refractivity contribution in [1.82, 2.24) is 0 Å². The van der Waals surface area contributed by atoms with Crippen molar-refractivity contribution in [3.8, 4) is 0 Å². The van der Waals surface area contributed by atoms with E-state index in [0.29, 0.717) is 5.56 Å². The van der Waals surface area contributed by atoms with Gasteiger partial charge >= 0.3 is 0 Å². The summed E-state index contributed by atoms with van der Waals surface area (Å²) in [5.41, 5.74) is 10.1. The normalized spacial score (nSPS) is 9.92. The minimum Gasteiger partial charge on any atom is -0.810 e. The third kappa shape index (κ3) is 11.8. The molecule has 3 rings (SSSR count). The van der Waals surface area contributed by atoms with Crippen LogP contribution in [0.2, 0.25) is 0 Å². The number of quaternary nitrogens is 2. The Morgan fingerprint density at radius 2 is 0.960 bits per heavy atom. The second kappa shape index (κ2) is 11.3. The van der Waals surface area contributed by atoms with Crippen LogP contribution in [-0.4, -0.2) is 0 Å². The summed E-state index contributed by atoms with van der Waals surface area (Å²) < 4.78 is 10.3. The maximum absolute atomic E-state index is 10.3. The molecule has 0 aliphatic heterocycles. The first kappa shape index (κ1) is 20.8. The van der Waals surface area contributed by atoms with E-state index in [4.69, 9.17) is 0 Å². The van der Waals surface area contributed by atoms with Gasteiger partial charge in [-0.1, -0.05) is 74.3 Å². The molecule has 3 aromatic carbocycles. The molecule has 0 radical (unpaired) electrons. The largest absolute Gasteiger partial charge is 0.810 e. The smallest absolute Gasteiger partial charge is 0.127 e. The summed E-state index contributed by atoms with van der Waals surface area (Å²) >= 11 is 0. The molecule has 0 aliphatic rings. The molecule has 0 fully saturated rings. The van der Waals surface area contributed by atoms with E-state index in [0.717, 1.165) is 11.4 Å². The first-order valence-corrected chi connectivity index (χ1v) is 9.38. The van der Waals surface area contributed by atoms with Crippen molar-refractivity contribution in [1.29, 1.82) is 0 Å². The summed E-state index contributed by atoms with van der Waals surface area (Å²) in [6.07, 6.45) is -0.395. The van der Waals surface area contributed by atoms with E-state index in [1.54, 1.807) is 30.3 Å². The fraction of sp³-hybridized carbons (Fsp3) is 0.0526. The molecule has 132 valence electrons. The van der Waals surface area contributed by atoms with Gasteiger partial charge in [-0.15, -0.1) is 0 Å². The van der Waals surface area contributed by atoms with Crippen molar-refractivity contribution in [2.24, 2.45) is 0 Å². The van der Waals surface area contributed by atoms with Crippen LogP contribution in [0.15, 0.2) is 91.0 Å². The average Bonchev–Trinajstić information content (AvgIpc) is 2.57. The molecule has 0 saturated heterocycles. The van der Waals surface area contributed by atoms with Crippen molar-refractivity contribution < 1.29 is 25.8 Å². The van der Waals surface area contributed by atoms with Gasteiger partial charge in [-0.05, 0) is 29.8 Å². The number of hydrogen-bond donors (Lipinski definition) is 2. The maximum Gasteiger partial charge on any atom is 0.127 e. The van der Waals surface area contributed by atoms with Crippen molar-refractivity contribution in [2.45, 2.75) is 6.16 Å². The van der Waals surface area contributed by atoms with E-state index in [2.05, 4.69) is 11.5 Å². The van der Waals surface area contributed by atoms with E-state index in [9.17, 15) is 14.4 Å². The number of rotatable bonds is 2. The van der Waals surface area contributed by atoms with Crippen LogP contribution < -0.4 is 21.3 Å². The van der Waals surface area contributed by atoms with Gasteiger partial charge in [-0.25, -0.2) is 0 Å². The lowest BCUT2D eigenvalue weighted by Gasteiger charge is -2.29. The lowest BCUT2D eigenvalue weighted by atomic mass is 10.2. The van der Waals surface area contributed by atoms with E-state index in [-0.39, 0.29) is 0 Å². The zero-order chi connectivity index (χ0) is 18.5. The van der Waals surface area contributed by atoms with Gasteiger partial charge < -0.3 is 25.8 Å². The van der Waals surface area contributed by atoms with Gasteiger partial charge in [0.1, 0.15) is 11.4 Å². The Morgan fingerprint density at radius 3 is 1.20 bits per heavy atom. The van der Waals surface area contributed by atoms with E-state index in [1.807, 2.05) is 60.7 Å². The SMILES string of the molecule is O=P([O-])([O-])Cc1ccccc1.[NH3+]c1ccccc1.[NH3+]c1ccccc1. The molecule has 0 atom stereocenters. The molecule has 0 aromatic heterocycles. The van der Waals surface area contributed by atoms with Gasteiger partial charge in [0.05, 0.1) is 0 Å². The van der Waals surface area contributed by atoms with Crippen LogP contribution in [0.3, 0.4) is 0 Å². The number of benzene rings is 3. The van der Waals surface area contributed by atoms with Gasteiger partial charge in [0.15, 0.2) is 0 Å². The second-order valence-electron chi connectivity index (χ2n) is 5.23. The van der Waals surface area contributed by atoms with Crippen LogP contribution >= 0.6 is 7.60 Å². The molecular weight excluding hydrogens is 335 g/mol. The van der Waals surface area contributed by atoms with E-state index >= 15 is 0 Å². The predicted octanol–water partition coefficient (Wildman–Crippen LogP) is 1.22. The predicted molar refractivity (Wildman–Crippen MR) is 95.7 cm³/mol. The van der Waals surface area contributed by atoms with Crippen LogP contribution in [0.25, 0.3) is 0 Å². The average molecular weight is 358 g/mol. The van der Waals surface area contributed by atoms with Gasteiger partial charge in [0, 0.05) is 6.16 Å². The summed E-state index contributed by atoms with van der Waals surface area (Å²) in [6, 6.07) is 28.1. The molecule has 0 amide bonds. The Morgan fingerprint density at radius 1 is 0.640 bits per heavy atom. The Labute approximate surface area is 148 Å². The third-order valence-corrected chi connectivity index (χ3v) is 3.66. The van der Waals surface area contributed by atoms with Crippen molar-refractivity contribution >= 4 is 19.0 Å². The monoisotopic (exact) mass is 358 g/mol. The fourth-order valence-electron chi connectivity index (χ4n) is 1.76. The molecule has 6 heteroatoms. The Balaban J connectivity index is 0.000000195. The summed E-state index contributed by atoms with van der Waals surface area (Å²) in [7, 11) is -4.39. The highest BCUT2D eigenvalue weighted by molar-refractivity contribution is 7.47. The fourth-order valence-corrected chi connectivity index (χ4v) is 2.42. The quantitative estimate of drug-likeness (QED) is 0.670. The molecular formula is C19H23N2O3P. The third-order valence-electron chi connectivity index (χ3n) is 2.90. The topological polar surface area (TPSA) is 118 Å². The van der Waals surface area contributed by atoms with Crippen molar-refractivity contribution in [3.63, 3.8) is 0 Å². The lowest BCUT2D eigenvalue weighted by Crippen LogP contribution is -2.39. The van der Waals surface area contributed by atoms with E-state index < -0.39 is 13.8 Å². The molecule has 6 N–H and O–H groups in total. The van der Waals surface area contributed by atoms with Gasteiger partial charge in [0.25, 0.3) is 0 Å². The molecule has 0 bridgehead atoms. The Bertz CT molecular complexity index is 710. The minimum atomic E-state index is -4.39. The molecule has 0 saturated carbocycles. The highest BCUT2D eigenvalue weighted by Gasteiger charge is 1.93. The maximum atomic E-state index is 10.3. The summed E-state index contributed by atoms with van der Waals surface area (Å²) in [6.45, 7) is 0. The molecule has 25 heavy (non-hydrogen) atoms. The Kier molecular flexibility index (Phi) is 9.40. The highest BCUT2D eigenvalue weighted by atomic mass is 31.2. The zero-order valence-electron chi connectivity index (χ0n) is 14.0. The minimum absolute atomic E-state index is 0.395. The van der Waals surface area contributed by atoms with Crippen LogP contribution in [-0.2, 0) is 10.7 Å². The standard InChI is InChI=1S/C7H9O3P.2C6H7N/c8-11(9,10)6-7-4-2-1-3-5-7;2*7-6-4-2-1-3-5-6/h1-5H,6H2,(H2,8,9,10);2*1-5H,7H2. The molecule has 0 unspecified atom stereocenters. The molecule has 5 nitrogen and oxygen atoms in total. The summed E-state index contributed by atoms with van der Waals surface area (Å²) in [5, 5.41) is 0. The van der Waals surface area contributed by atoms with Gasteiger partial charge in [-0.3, -0.25) is 0 Å². The first-order chi connectivity index (χ1) is 11.9. The number of hydrogen-bond acceptors (Lipinski definition) is 3. The highest BCUT2D eigenvalue weighted by Crippen LogP contribution is 2.28. The van der Waals surface area contributed by atoms with Gasteiger partial charge in [-0.2, -0.15) is 0 Å². The first-order valence-electron chi connectivity index (χ1n) is 7.66. The van der Waals surface area contributed by atoms with E-state index in [1.165, 1.54) is 0 Å². The molecule has 0 heterocycles. The van der Waals surface area contributed by atoms with Crippen molar-refractivity contribution in [2.75, 3.05) is 0 Å². The van der Waals surface area contributed by atoms with Crippen LogP contribution in [0, 0.1) is 0 Å². The molecule has 3 aromatic rings. The lowest BCUT2D eigenvalue weighted by molar-refractivity contribution is -0.314.